The van der Waals surface area contributed by atoms with Crippen molar-refractivity contribution in [2.75, 3.05) is 13.2 Å². The fourth-order valence-electron chi connectivity index (χ4n) is 2.21. The summed E-state index contributed by atoms with van der Waals surface area (Å²) >= 11 is 0. The molecule has 0 N–H and O–H groups in total. The molecule has 0 saturated carbocycles. The van der Waals surface area contributed by atoms with E-state index in [9.17, 15) is 4.79 Å². The highest BCUT2D eigenvalue weighted by molar-refractivity contribution is 5.71. The van der Waals surface area contributed by atoms with E-state index in [4.69, 9.17) is 14.2 Å². The molecule has 3 atom stereocenters. The fourth-order valence-corrected chi connectivity index (χ4v) is 2.21. The lowest BCUT2D eigenvalue weighted by Crippen LogP contribution is -2.27. The van der Waals surface area contributed by atoms with E-state index in [1.807, 2.05) is 63.3 Å². The first kappa shape index (κ1) is 20.1. The second-order valence-electron chi connectivity index (χ2n) is 5.71. The van der Waals surface area contributed by atoms with Gasteiger partial charge in [0, 0.05) is 5.92 Å². The Labute approximate surface area is 145 Å². The van der Waals surface area contributed by atoms with Crippen LogP contribution in [-0.4, -0.2) is 31.4 Å². The van der Waals surface area contributed by atoms with E-state index in [1.165, 1.54) is 0 Å². The molecule has 0 amide bonds. The predicted octanol–water partition coefficient (Wildman–Crippen LogP) is 3.92. The van der Waals surface area contributed by atoms with E-state index in [0.717, 1.165) is 5.56 Å². The molecule has 24 heavy (non-hydrogen) atoms. The van der Waals surface area contributed by atoms with Crippen LogP contribution >= 0.6 is 0 Å². The lowest BCUT2D eigenvalue weighted by atomic mass is 10.1. The van der Waals surface area contributed by atoms with Crippen molar-refractivity contribution >= 4 is 5.97 Å². The van der Waals surface area contributed by atoms with Crippen LogP contribution in [0.5, 0.6) is 0 Å². The first-order chi connectivity index (χ1) is 11.6. The summed E-state index contributed by atoms with van der Waals surface area (Å²) in [5.41, 5.74) is 1.13. The molecule has 1 rings (SSSR count). The molecule has 0 fully saturated rings. The SMILES string of the molecule is C=C[C@H](OCC(=O)O[C@@H](C)/C=C\C)[C@H](C)COCc1ccccc1. The molecule has 0 spiro atoms. The molecule has 0 radical (unpaired) electrons. The van der Waals surface area contributed by atoms with Gasteiger partial charge in [0.05, 0.1) is 19.3 Å². The lowest BCUT2D eigenvalue weighted by Gasteiger charge is -2.21. The van der Waals surface area contributed by atoms with Gasteiger partial charge in [-0.2, -0.15) is 0 Å². The third-order valence-corrected chi connectivity index (χ3v) is 3.46. The van der Waals surface area contributed by atoms with Gasteiger partial charge >= 0.3 is 5.97 Å². The zero-order chi connectivity index (χ0) is 17.8. The summed E-state index contributed by atoms with van der Waals surface area (Å²) in [6.45, 7) is 10.4. The zero-order valence-electron chi connectivity index (χ0n) is 14.8. The lowest BCUT2D eigenvalue weighted by molar-refractivity contribution is -0.153. The van der Waals surface area contributed by atoms with Gasteiger partial charge in [-0.3, -0.25) is 0 Å². The molecule has 132 valence electrons. The highest BCUT2D eigenvalue weighted by atomic mass is 16.6. The normalized spacial score (nSPS) is 15.0. The summed E-state index contributed by atoms with van der Waals surface area (Å²) in [5, 5.41) is 0. The van der Waals surface area contributed by atoms with Crippen molar-refractivity contribution in [3.8, 4) is 0 Å². The molecule has 0 bridgehead atoms. The molecular weight excluding hydrogens is 304 g/mol. The van der Waals surface area contributed by atoms with E-state index >= 15 is 0 Å². The van der Waals surface area contributed by atoms with E-state index in [-0.39, 0.29) is 30.7 Å². The van der Waals surface area contributed by atoms with Crippen molar-refractivity contribution in [2.24, 2.45) is 5.92 Å². The first-order valence-corrected chi connectivity index (χ1v) is 8.25. The van der Waals surface area contributed by atoms with E-state index in [1.54, 1.807) is 6.08 Å². The number of carbonyl (C=O) groups excluding carboxylic acids is 1. The average Bonchev–Trinajstić information content (AvgIpc) is 2.56. The minimum atomic E-state index is -0.384. The highest BCUT2D eigenvalue weighted by Gasteiger charge is 2.17. The summed E-state index contributed by atoms with van der Waals surface area (Å²) < 4.78 is 16.5. The number of hydrogen-bond donors (Lipinski definition) is 0. The van der Waals surface area contributed by atoms with Gasteiger partial charge in [-0.15, -0.1) is 6.58 Å². The van der Waals surface area contributed by atoms with Crippen LogP contribution < -0.4 is 0 Å². The van der Waals surface area contributed by atoms with Crippen molar-refractivity contribution in [3.05, 3.63) is 60.7 Å². The molecule has 1 aromatic rings. The van der Waals surface area contributed by atoms with E-state index in [0.29, 0.717) is 13.2 Å². The summed E-state index contributed by atoms with van der Waals surface area (Å²) in [7, 11) is 0. The third kappa shape index (κ3) is 8.09. The molecule has 4 heteroatoms. The number of rotatable bonds is 11. The quantitative estimate of drug-likeness (QED) is 0.455. The van der Waals surface area contributed by atoms with Gasteiger partial charge in [-0.25, -0.2) is 4.79 Å². The second-order valence-corrected chi connectivity index (χ2v) is 5.71. The number of hydrogen-bond acceptors (Lipinski definition) is 4. The molecule has 0 unspecified atom stereocenters. The summed E-state index contributed by atoms with van der Waals surface area (Å²) in [6, 6.07) is 9.99. The molecule has 0 saturated heterocycles. The first-order valence-electron chi connectivity index (χ1n) is 8.25. The van der Waals surface area contributed by atoms with Crippen molar-refractivity contribution in [2.45, 2.75) is 39.6 Å². The maximum absolute atomic E-state index is 11.7. The number of esters is 1. The van der Waals surface area contributed by atoms with Crippen molar-refractivity contribution in [1.29, 1.82) is 0 Å². The third-order valence-electron chi connectivity index (χ3n) is 3.46. The molecule has 4 nitrogen and oxygen atoms in total. The second kappa shape index (κ2) is 11.6. The average molecular weight is 332 g/mol. The Morgan fingerprint density at radius 2 is 1.96 bits per heavy atom. The van der Waals surface area contributed by atoms with Crippen LogP contribution in [0.3, 0.4) is 0 Å². The molecule has 0 aliphatic heterocycles. The minimum absolute atomic E-state index is 0.0898. The molecule has 0 aromatic heterocycles. The maximum atomic E-state index is 11.7. The Kier molecular flexibility index (Phi) is 9.73. The molecule has 0 aliphatic carbocycles. The number of benzene rings is 1. The van der Waals surface area contributed by atoms with Crippen LogP contribution in [0, 0.1) is 5.92 Å². The predicted molar refractivity (Wildman–Crippen MR) is 95.6 cm³/mol. The Morgan fingerprint density at radius 3 is 2.58 bits per heavy atom. The van der Waals surface area contributed by atoms with Gasteiger partial charge in [0.15, 0.2) is 0 Å². The summed E-state index contributed by atoms with van der Waals surface area (Å²) in [6.07, 6.45) is 4.84. The van der Waals surface area contributed by atoms with Gasteiger partial charge in [-0.05, 0) is 25.5 Å². The fraction of sp³-hybridized carbons (Fsp3) is 0.450. The molecule has 1 aromatic carbocycles. The number of carbonyl (C=O) groups is 1. The Balaban J connectivity index is 2.31. The summed E-state index contributed by atoms with van der Waals surface area (Å²) in [4.78, 5) is 11.7. The van der Waals surface area contributed by atoms with Crippen LogP contribution in [0.15, 0.2) is 55.1 Å². The monoisotopic (exact) mass is 332 g/mol. The zero-order valence-corrected chi connectivity index (χ0v) is 14.8. The van der Waals surface area contributed by atoms with Crippen LogP contribution in [0.1, 0.15) is 26.3 Å². The standard InChI is InChI=1S/C20H28O4/c1-5-10-17(4)24-20(21)15-23-19(6-2)16(3)13-22-14-18-11-8-7-9-12-18/h5-12,16-17,19H,2,13-15H2,1,3-4H3/b10-5-/t16-,17+,19+/m1/s1. The van der Waals surface area contributed by atoms with E-state index < -0.39 is 0 Å². The summed E-state index contributed by atoms with van der Waals surface area (Å²) in [5.74, 6) is -0.295. The van der Waals surface area contributed by atoms with Crippen LogP contribution in [0.25, 0.3) is 0 Å². The molecular formula is C20H28O4. The maximum Gasteiger partial charge on any atom is 0.332 e. The minimum Gasteiger partial charge on any atom is -0.457 e. The van der Waals surface area contributed by atoms with Crippen molar-refractivity contribution in [3.63, 3.8) is 0 Å². The number of ether oxygens (including phenoxy) is 3. The van der Waals surface area contributed by atoms with Gasteiger partial charge in [0.25, 0.3) is 0 Å². The smallest absolute Gasteiger partial charge is 0.332 e. The van der Waals surface area contributed by atoms with Crippen LogP contribution in [-0.2, 0) is 25.6 Å². The van der Waals surface area contributed by atoms with Gasteiger partial charge in [0.1, 0.15) is 12.7 Å². The highest BCUT2D eigenvalue weighted by Crippen LogP contribution is 2.11. The Bertz CT molecular complexity index is 510. The van der Waals surface area contributed by atoms with Gasteiger partial charge < -0.3 is 14.2 Å². The van der Waals surface area contributed by atoms with Gasteiger partial charge in [0.2, 0.25) is 0 Å². The van der Waals surface area contributed by atoms with Crippen molar-refractivity contribution < 1.29 is 19.0 Å². The molecule has 0 aliphatic rings. The van der Waals surface area contributed by atoms with E-state index in [2.05, 4.69) is 6.58 Å². The van der Waals surface area contributed by atoms with Crippen molar-refractivity contribution in [1.82, 2.24) is 0 Å². The Hall–Kier alpha value is -1.91. The topological polar surface area (TPSA) is 44.8 Å². The number of allylic oxidation sites excluding steroid dienone is 1. The Morgan fingerprint density at radius 1 is 1.25 bits per heavy atom. The molecule has 0 heterocycles. The van der Waals surface area contributed by atoms with Crippen LogP contribution in [0.4, 0.5) is 0 Å². The largest absolute Gasteiger partial charge is 0.457 e. The van der Waals surface area contributed by atoms with Crippen LogP contribution in [0.2, 0.25) is 0 Å². The van der Waals surface area contributed by atoms with Gasteiger partial charge in [-0.1, -0.05) is 49.4 Å².